The van der Waals surface area contributed by atoms with Crippen molar-refractivity contribution in [2.24, 2.45) is 7.05 Å². The Bertz CT molecular complexity index is 1530. The van der Waals surface area contributed by atoms with E-state index in [2.05, 4.69) is 11.1 Å². The fourth-order valence-corrected chi connectivity index (χ4v) is 4.02. The van der Waals surface area contributed by atoms with Gasteiger partial charge < -0.3 is 14.6 Å². The summed E-state index contributed by atoms with van der Waals surface area (Å²) in [7, 11) is 3.49. The molecule has 3 aromatic carbocycles. The molecule has 0 aliphatic carbocycles. The highest BCUT2D eigenvalue weighted by atomic mass is 16.5. The molecule has 0 amide bonds. The molecule has 34 heavy (non-hydrogen) atoms. The Kier molecular flexibility index (Phi) is 5.58. The van der Waals surface area contributed by atoms with Crippen LogP contribution in [0.3, 0.4) is 0 Å². The molecule has 1 N–H and O–H groups in total. The van der Waals surface area contributed by atoms with Gasteiger partial charge in [-0.3, -0.25) is 9.67 Å². The SMILES string of the molecule is COc1cc2ncc3c(c(-c4ccc(C#N)cc4)nn3C)c2cc1OCc1ccc(CO)cc1. The van der Waals surface area contributed by atoms with E-state index in [1.807, 2.05) is 60.3 Å². The van der Waals surface area contributed by atoms with E-state index in [1.54, 1.807) is 25.4 Å². The van der Waals surface area contributed by atoms with E-state index < -0.39 is 0 Å². The van der Waals surface area contributed by atoms with Crippen molar-refractivity contribution in [3.63, 3.8) is 0 Å². The van der Waals surface area contributed by atoms with Crippen molar-refractivity contribution in [2.75, 3.05) is 7.11 Å². The first kappa shape index (κ1) is 21.4. The van der Waals surface area contributed by atoms with E-state index >= 15 is 0 Å². The van der Waals surface area contributed by atoms with Crippen LogP contribution in [0.1, 0.15) is 16.7 Å². The minimum Gasteiger partial charge on any atom is -0.493 e. The monoisotopic (exact) mass is 450 g/mol. The number of aliphatic hydroxyl groups is 1. The Morgan fingerprint density at radius 2 is 1.74 bits per heavy atom. The second-order valence-corrected chi connectivity index (χ2v) is 7.96. The van der Waals surface area contributed by atoms with Gasteiger partial charge in [0.1, 0.15) is 12.3 Å². The maximum atomic E-state index is 9.25. The van der Waals surface area contributed by atoms with Gasteiger partial charge in [-0.15, -0.1) is 0 Å². The average molecular weight is 450 g/mol. The number of fused-ring (bicyclic) bond motifs is 3. The van der Waals surface area contributed by atoms with Crippen molar-refractivity contribution in [1.82, 2.24) is 14.8 Å². The number of pyridine rings is 1. The molecule has 0 radical (unpaired) electrons. The van der Waals surface area contributed by atoms with Crippen LogP contribution in [0.15, 0.2) is 66.9 Å². The van der Waals surface area contributed by atoms with Crippen molar-refractivity contribution < 1.29 is 14.6 Å². The zero-order chi connectivity index (χ0) is 23.7. The fourth-order valence-electron chi connectivity index (χ4n) is 4.02. The Morgan fingerprint density at radius 3 is 2.41 bits per heavy atom. The van der Waals surface area contributed by atoms with Gasteiger partial charge in [0.15, 0.2) is 11.5 Å². The lowest BCUT2D eigenvalue weighted by Gasteiger charge is -2.13. The Balaban J connectivity index is 1.62. The lowest BCUT2D eigenvalue weighted by molar-refractivity contribution is 0.280. The third kappa shape index (κ3) is 3.81. The maximum absolute atomic E-state index is 9.25. The van der Waals surface area contributed by atoms with Crippen molar-refractivity contribution in [3.8, 4) is 28.8 Å². The highest BCUT2D eigenvalue weighted by Crippen LogP contribution is 2.38. The fraction of sp³-hybridized carbons (Fsp3) is 0.148. The maximum Gasteiger partial charge on any atom is 0.162 e. The van der Waals surface area contributed by atoms with E-state index in [4.69, 9.17) is 19.8 Å². The summed E-state index contributed by atoms with van der Waals surface area (Å²) >= 11 is 0. The number of benzene rings is 3. The molecule has 0 atom stereocenters. The van der Waals surface area contributed by atoms with Gasteiger partial charge in [-0.2, -0.15) is 10.4 Å². The van der Waals surface area contributed by atoms with Crippen LogP contribution in [0.4, 0.5) is 0 Å². The number of aromatic nitrogens is 3. The summed E-state index contributed by atoms with van der Waals surface area (Å²) in [5, 5.41) is 25.0. The first-order valence-corrected chi connectivity index (χ1v) is 10.8. The minimum atomic E-state index is 0.00924. The van der Waals surface area contributed by atoms with Crippen molar-refractivity contribution in [2.45, 2.75) is 13.2 Å². The lowest BCUT2D eigenvalue weighted by Crippen LogP contribution is -1.99. The molecular formula is C27H22N4O3. The summed E-state index contributed by atoms with van der Waals surface area (Å²) in [5.41, 5.74) is 5.82. The molecule has 168 valence electrons. The normalized spacial score (nSPS) is 11.0. The Hall–Kier alpha value is -4.41. The molecule has 0 aliphatic rings. The molecule has 0 aliphatic heterocycles. The number of ether oxygens (including phenoxy) is 2. The van der Waals surface area contributed by atoms with Crippen molar-refractivity contribution in [3.05, 3.63) is 83.6 Å². The molecule has 7 heteroatoms. The van der Waals surface area contributed by atoms with Gasteiger partial charge in [0.2, 0.25) is 0 Å². The Morgan fingerprint density at radius 1 is 1.00 bits per heavy atom. The van der Waals surface area contributed by atoms with E-state index in [9.17, 15) is 5.11 Å². The number of nitriles is 1. The van der Waals surface area contributed by atoms with E-state index in [-0.39, 0.29) is 6.61 Å². The van der Waals surface area contributed by atoms with Crippen LogP contribution in [0.25, 0.3) is 33.1 Å². The van der Waals surface area contributed by atoms with Gasteiger partial charge in [-0.05, 0) is 29.3 Å². The van der Waals surface area contributed by atoms with Gasteiger partial charge in [-0.1, -0.05) is 36.4 Å². The van der Waals surface area contributed by atoms with Crippen molar-refractivity contribution >= 4 is 21.8 Å². The number of hydrogen-bond donors (Lipinski definition) is 1. The quantitative estimate of drug-likeness (QED) is 0.402. The van der Waals surface area contributed by atoms with E-state index in [1.165, 1.54) is 0 Å². The van der Waals surface area contributed by atoms with E-state index in [0.717, 1.165) is 44.2 Å². The number of rotatable bonds is 6. The predicted octanol–water partition coefficient (Wildman–Crippen LogP) is 4.74. The van der Waals surface area contributed by atoms with Crippen LogP contribution in [0, 0.1) is 11.3 Å². The zero-order valence-corrected chi connectivity index (χ0v) is 18.8. The molecule has 5 aromatic rings. The smallest absolute Gasteiger partial charge is 0.162 e. The highest BCUT2D eigenvalue weighted by Gasteiger charge is 2.17. The third-order valence-corrected chi connectivity index (χ3v) is 5.86. The van der Waals surface area contributed by atoms with Gasteiger partial charge in [0, 0.05) is 29.4 Å². The highest BCUT2D eigenvalue weighted by molar-refractivity contribution is 6.11. The molecule has 2 aromatic heterocycles. The van der Waals surface area contributed by atoms with Gasteiger partial charge in [-0.25, -0.2) is 0 Å². The molecule has 5 rings (SSSR count). The average Bonchev–Trinajstić information content (AvgIpc) is 3.23. The molecular weight excluding hydrogens is 428 g/mol. The molecule has 2 heterocycles. The number of methoxy groups -OCH3 is 1. The van der Waals surface area contributed by atoms with Crippen LogP contribution < -0.4 is 9.47 Å². The first-order chi connectivity index (χ1) is 16.6. The second kappa shape index (κ2) is 8.85. The summed E-state index contributed by atoms with van der Waals surface area (Å²) in [6.07, 6.45) is 1.81. The number of aliphatic hydroxyl groups excluding tert-OH is 1. The van der Waals surface area contributed by atoms with Gasteiger partial charge in [0.05, 0.1) is 42.6 Å². The summed E-state index contributed by atoms with van der Waals surface area (Å²) in [6.45, 7) is 0.363. The van der Waals surface area contributed by atoms with Gasteiger partial charge >= 0.3 is 0 Å². The van der Waals surface area contributed by atoms with Crippen LogP contribution >= 0.6 is 0 Å². The molecule has 7 nitrogen and oxygen atoms in total. The van der Waals surface area contributed by atoms with Gasteiger partial charge in [0.25, 0.3) is 0 Å². The summed E-state index contributed by atoms with van der Waals surface area (Å²) in [6, 6.07) is 21.0. The summed E-state index contributed by atoms with van der Waals surface area (Å²) in [5.74, 6) is 1.19. The minimum absolute atomic E-state index is 0.00924. The van der Waals surface area contributed by atoms with Crippen molar-refractivity contribution in [1.29, 1.82) is 5.26 Å². The third-order valence-electron chi connectivity index (χ3n) is 5.86. The van der Waals surface area contributed by atoms with Crippen LogP contribution in [0.5, 0.6) is 11.5 Å². The molecule has 0 fully saturated rings. The van der Waals surface area contributed by atoms with E-state index in [0.29, 0.717) is 23.7 Å². The number of nitrogens with zero attached hydrogens (tertiary/aromatic N) is 4. The summed E-state index contributed by atoms with van der Waals surface area (Å²) in [4.78, 5) is 4.63. The molecule has 0 saturated carbocycles. The predicted molar refractivity (Wildman–Crippen MR) is 129 cm³/mol. The standard InChI is InChI=1S/C27H22N4O3/c1-31-23-14-29-22-12-24(33-2)25(34-16-19-5-3-18(15-32)4-6-19)11-21(22)26(23)27(30-31)20-9-7-17(13-28)8-10-20/h3-12,14,32H,15-16H2,1-2H3. The van der Waals surface area contributed by atoms with Crippen LogP contribution in [0.2, 0.25) is 0 Å². The van der Waals surface area contributed by atoms with Crippen LogP contribution in [-0.4, -0.2) is 27.0 Å². The molecule has 0 bridgehead atoms. The largest absolute Gasteiger partial charge is 0.493 e. The Labute approximate surface area is 196 Å². The molecule has 0 unspecified atom stereocenters. The molecule has 0 spiro atoms. The summed E-state index contributed by atoms with van der Waals surface area (Å²) < 4.78 is 13.5. The zero-order valence-electron chi connectivity index (χ0n) is 18.8. The molecule has 0 saturated heterocycles. The first-order valence-electron chi connectivity index (χ1n) is 10.8. The lowest BCUT2D eigenvalue weighted by atomic mass is 10.0. The number of aryl methyl sites for hydroxylation is 1. The topological polar surface area (TPSA) is 93.2 Å². The van der Waals surface area contributed by atoms with Crippen LogP contribution in [-0.2, 0) is 20.3 Å². The number of hydrogen-bond acceptors (Lipinski definition) is 6. The second-order valence-electron chi connectivity index (χ2n) is 7.96.